The summed E-state index contributed by atoms with van der Waals surface area (Å²) in [5, 5.41) is 8.55. The van der Waals surface area contributed by atoms with Crippen LogP contribution in [-0.4, -0.2) is 24.9 Å². The van der Waals surface area contributed by atoms with Gasteiger partial charge in [-0.15, -0.1) is 0 Å². The first-order valence-corrected chi connectivity index (χ1v) is 4.57. The van der Waals surface area contributed by atoms with Crippen molar-refractivity contribution in [3.05, 3.63) is 35.4 Å². The summed E-state index contributed by atoms with van der Waals surface area (Å²) >= 11 is 0. The molecule has 0 aliphatic carbocycles. The summed E-state index contributed by atoms with van der Waals surface area (Å²) in [7, 11) is 0. The standard InChI is InChI=1S/C10H13F2NO2/c11-8-3-1-2-7(10(8)12)9(6-13)15-5-4-14/h1-3,9,14H,4-6,13H2. The van der Waals surface area contributed by atoms with E-state index in [1.54, 1.807) is 0 Å². The first-order chi connectivity index (χ1) is 7.20. The molecule has 3 N–H and O–H groups in total. The van der Waals surface area contributed by atoms with Crippen LogP contribution in [0.1, 0.15) is 11.7 Å². The summed E-state index contributed by atoms with van der Waals surface area (Å²) in [5.41, 5.74) is 5.44. The highest BCUT2D eigenvalue weighted by atomic mass is 19.2. The van der Waals surface area contributed by atoms with Crippen LogP contribution in [0, 0.1) is 11.6 Å². The molecule has 0 spiro atoms. The number of hydrogen-bond donors (Lipinski definition) is 2. The molecule has 0 saturated heterocycles. The molecule has 0 aliphatic rings. The molecule has 0 aliphatic heterocycles. The Bertz CT molecular complexity index is 320. The van der Waals surface area contributed by atoms with Crippen molar-refractivity contribution in [1.29, 1.82) is 0 Å². The molecule has 0 radical (unpaired) electrons. The topological polar surface area (TPSA) is 55.5 Å². The lowest BCUT2D eigenvalue weighted by molar-refractivity contribution is 0.0306. The van der Waals surface area contributed by atoms with Crippen molar-refractivity contribution < 1.29 is 18.6 Å². The highest BCUT2D eigenvalue weighted by molar-refractivity contribution is 5.21. The van der Waals surface area contributed by atoms with E-state index in [2.05, 4.69) is 0 Å². The van der Waals surface area contributed by atoms with E-state index in [9.17, 15) is 8.78 Å². The van der Waals surface area contributed by atoms with E-state index in [4.69, 9.17) is 15.6 Å². The minimum absolute atomic E-state index is 0.0281. The van der Waals surface area contributed by atoms with Crippen LogP contribution >= 0.6 is 0 Å². The minimum atomic E-state index is -0.953. The molecule has 84 valence electrons. The normalized spacial score (nSPS) is 12.8. The van der Waals surface area contributed by atoms with E-state index in [1.165, 1.54) is 12.1 Å². The quantitative estimate of drug-likeness (QED) is 0.772. The summed E-state index contributed by atoms with van der Waals surface area (Å²) in [6, 6.07) is 3.82. The van der Waals surface area contributed by atoms with Gasteiger partial charge in [-0.2, -0.15) is 0 Å². The Labute approximate surface area is 86.5 Å². The number of nitrogens with two attached hydrogens (primary N) is 1. The monoisotopic (exact) mass is 217 g/mol. The lowest BCUT2D eigenvalue weighted by Crippen LogP contribution is -2.19. The van der Waals surface area contributed by atoms with Crippen LogP contribution in [0.3, 0.4) is 0 Å². The van der Waals surface area contributed by atoms with Gasteiger partial charge < -0.3 is 15.6 Å². The zero-order valence-electron chi connectivity index (χ0n) is 8.12. The minimum Gasteiger partial charge on any atom is -0.394 e. The van der Waals surface area contributed by atoms with E-state index in [0.717, 1.165) is 6.07 Å². The number of benzene rings is 1. The van der Waals surface area contributed by atoms with Gasteiger partial charge in [0.15, 0.2) is 11.6 Å². The summed E-state index contributed by atoms with van der Waals surface area (Å²) in [4.78, 5) is 0. The maximum atomic E-state index is 13.3. The maximum absolute atomic E-state index is 13.3. The number of halogens is 2. The predicted octanol–water partition coefficient (Wildman–Crippen LogP) is 0.973. The second kappa shape index (κ2) is 5.75. The number of ether oxygens (including phenoxy) is 1. The molecule has 5 heteroatoms. The molecule has 1 unspecified atom stereocenters. The Kier molecular flexibility index (Phi) is 4.61. The largest absolute Gasteiger partial charge is 0.394 e. The second-order valence-electron chi connectivity index (χ2n) is 2.96. The Morgan fingerprint density at radius 3 is 2.73 bits per heavy atom. The van der Waals surface area contributed by atoms with Crippen LogP contribution in [0.15, 0.2) is 18.2 Å². The van der Waals surface area contributed by atoms with Gasteiger partial charge in [0, 0.05) is 12.1 Å². The number of aliphatic hydroxyl groups is 1. The van der Waals surface area contributed by atoms with Crippen LogP contribution in [0.5, 0.6) is 0 Å². The summed E-state index contributed by atoms with van der Waals surface area (Å²) < 4.78 is 31.3. The molecular weight excluding hydrogens is 204 g/mol. The second-order valence-corrected chi connectivity index (χ2v) is 2.96. The van der Waals surface area contributed by atoms with E-state index < -0.39 is 17.7 Å². The smallest absolute Gasteiger partial charge is 0.164 e. The van der Waals surface area contributed by atoms with Crippen molar-refractivity contribution in [1.82, 2.24) is 0 Å². The van der Waals surface area contributed by atoms with Crippen molar-refractivity contribution in [2.24, 2.45) is 5.73 Å². The molecule has 0 amide bonds. The van der Waals surface area contributed by atoms with Gasteiger partial charge >= 0.3 is 0 Å². The average Bonchev–Trinajstić information content (AvgIpc) is 2.25. The third-order valence-electron chi connectivity index (χ3n) is 1.95. The molecule has 1 aromatic carbocycles. The fourth-order valence-corrected chi connectivity index (χ4v) is 1.25. The maximum Gasteiger partial charge on any atom is 0.164 e. The van der Waals surface area contributed by atoms with Crippen LogP contribution in [0.2, 0.25) is 0 Å². The molecule has 3 nitrogen and oxygen atoms in total. The summed E-state index contributed by atoms with van der Waals surface area (Å²) in [5.74, 6) is -1.88. The molecule has 0 fully saturated rings. The zero-order valence-corrected chi connectivity index (χ0v) is 8.12. The van der Waals surface area contributed by atoms with Crippen LogP contribution in [-0.2, 0) is 4.74 Å². The van der Waals surface area contributed by atoms with Crippen molar-refractivity contribution >= 4 is 0 Å². The third kappa shape index (κ3) is 2.95. The lowest BCUT2D eigenvalue weighted by atomic mass is 10.1. The molecule has 0 heterocycles. The highest BCUT2D eigenvalue weighted by Crippen LogP contribution is 2.21. The predicted molar refractivity (Wildman–Crippen MR) is 51.2 cm³/mol. The highest BCUT2D eigenvalue weighted by Gasteiger charge is 2.17. The van der Waals surface area contributed by atoms with Crippen molar-refractivity contribution in [3.8, 4) is 0 Å². The fourth-order valence-electron chi connectivity index (χ4n) is 1.25. The SMILES string of the molecule is NCC(OCCO)c1cccc(F)c1F. The first kappa shape index (κ1) is 12.0. The molecule has 0 saturated carbocycles. The Morgan fingerprint density at radius 2 is 2.13 bits per heavy atom. The van der Waals surface area contributed by atoms with E-state index in [1.807, 2.05) is 0 Å². The summed E-state index contributed by atoms with van der Waals surface area (Å²) in [6.45, 7) is -0.119. The van der Waals surface area contributed by atoms with Gasteiger partial charge in [0.2, 0.25) is 0 Å². The third-order valence-corrected chi connectivity index (χ3v) is 1.95. The van der Waals surface area contributed by atoms with E-state index >= 15 is 0 Å². The van der Waals surface area contributed by atoms with Crippen LogP contribution in [0.25, 0.3) is 0 Å². The van der Waals surface area contributed by atoms with Crippen molar-refractivity contribution in [3.63, 3.8) is 0 Å². The van der Waals surface area contributed by atoms with E-state index in [0.29, 0.717) is 0 Å². The van der Waals surface area contributed by atoms with Gasteiger partial charge in [0.05, 0.1) is 19.3 Å². The lowest BCUT2D eigenvalue weighted by Gasteiger charge is -2.16. The number of hydrogen-bond acceptors (Lipinski definition) is 3. The Hall–Kier alpha value is -1.04. The Balaban J connectivity index is 2.86. The van der Waals surface area contributed by atoms with Gasteiger partial charge in [-0.3, -0.25) is 0 Å². The molecule has 15 heavy (non-hydrogen) atoms. The van der Waals surface area contributed by atoms with Crippen molar-refractivity contribution in [2.45, 2.75) is 6.10 Å². The van der Waals surface area contributed by atoms with Crippen molar-refractivity contribution in [2.75, 3.05) is 19.8 Å². The van der Waals surface area contributed by atoms with Gasteiger partial charge in [0.25, 0.3) is 0 Å². The fraction of sp³-hybridized carbons (Fsp3) is 0.400. The molecule has 1 rings (SSSR count). The molecular formula is C10H13F2NO2. The average molecular weight is 217 g/mol. The van der Waals surface area contributed by atoms with Crippen LogP contribution in [0.4, 0.5) is 8.78 Å². The molecule has 0 aromatic heterocycles. The summed E-state index contributed by atoms with van der Waals surface area (Å²) in [6.07, 6.45) is -0.729. The number of aliphatic hydroxyl groups excluding tert-OH is 1. The van der Waals surface area contributed by atoms with Gasteiger partial charge in [0.1, 0.15) is 0 Å². The zero-order chi connectivity index (χ0) is 11.3. The molecule has 1 aromatic rings. The van der Waals surface area contributed by atoms with E-state index in [-0.39, 0.29) is 25.3 Å². The Morgan fingerprint density at radius 1 is 1.40 bits per heavy atom. The molecule has 0 bridgehead atoms. The van der Waals surface area contributed by atoms with Gasteiger partial charge in [-0.1, -0.05) is 12.1 Å². The molecule has 1 atom stereocenters. The first-order valence-electron chi connectivity index (χ1n) is 4.57. The van der Waals surface area contributed by atoms with Crippen LogP contribution < -0.4 is 5.73 Å². The van der Waals surface area contributed by atoms with Gasteiger partial charge in [-0.05, 0) is 6.07 Å². The number of rotatable bonds is 5. The van der Waals surface area contributed by atoms with Gasteiger partial charge in [-0.25, -0.2) is 8.78 Å².